The molecule has 2 aliphatic rings. The average molecular weight is 327 g/mol. The van der Waals surface area contributed by atoms with Crippen molar-refractivity contribution in [1.29, 1.82) is 0 Å². The molecule has 1 amide bonds. The highest BCUT2D eigenvalue weighted by Crippen LogP contribution is 2.58. The fourth-order valence-electron chi connectivity index (χ4n) is 3.26. The number of benzene rings is 2. The molecule has 0 aromatic heterocycles. The maximum Gasteiger partial charge on any atom is 0.241 e. The van der Waals surface area contributed by atoms with Crippen LogP contribution in [0.25, 0.3) is 0 Å². The molecule has 0 saturated carbocycles. The van der Waals surface area contributed by atoms with Crippen molar-refractivity contribution < 1.29 is 4.79 Å². The number of hydrogen-bond donors (Lipinski definition) is 0. The fourth-order valence-corrected chi connectivity index (χ4v) is 6.32. The number of nitrogens with zero attached hydrogens (tertiary/aromatic N) is 1. The van der Waals surface area contributed by atoms with Crippen LogP contribution in [0.2, 0.25) is 0 Å². The summed E-state index contributed by atoms with van der Waals surface area (Å²) in [5.41, 5.74) is 1.26. The number of rotatable bonds is 3. The highest BCUT2D eigenvalue weighted by atomic mass is 32.2. The zero-order valence-electron chi connectivity index (χ0n) is 12.1. The van der Waals surface area contributed by atoms with Crippen LogP contribution in [-0.4, -0.2) is 28.4 Å². The van der Waals surface area contributed by atoms with Crippen LogP contribution < -0.4 is 0 Å². The molecule has 2 fully saturated rings. The summed E-state index contributed by atoms with van der Waals surface area (Å²) in [7, 11) is 0. The van der Waals surface area contributed by atoms with E-state index < -0.39 is 0 Å². The zero-order valence-corrected chi connectivity index (χ0v) is 13.8. The molecule has 2 atom stereocenters. The van der Waals surface area contributed by atoms with E-state index >= 15 is 0 Å². The van der Waals surface area contributed by atoms with Crippen molar-refractivity contribution in [2.75, 3.05) is 12.3 Å². The Hall–Kier alpha value is -1.39. The molecule has 0 aliphatic carbocycles. The zero-order chi connectivity index (χ0) is 15.0. The second kappa shape index (κ2) is 5.67. The Morgan fingerprint density at radius 1 is 1.05 bits per heavy atom. The number of thioether (sulfide) groups is 2. The average Bonchev–Trinajstić information content (AvgIpc) is 2.60. The van der Waals surface area contributed by atoms with Gasteiger partial charge < -0.3 is 4.90 Å². The van der Waals surface area contributed by atoms with E-state index in [1.165, 1.54) is 10.5 Å². The predicted octanol–water partition coefficient (Wildman–Crippen LogP) is 3.98. The lowest BCUT2D eigenvalue weighted by molar-refractivity contribution is -0.148. The number of carbonyl (C=O) groups is 1. The summed E-state index contributed by atoms with van der Waals surface area (Å²) >= 11 is 3.63. The van der Waals surface area contributed by atoms with E-state index in [-0.39, 0.29) is 16.0 Å². The van der Waals surface area contributed by atoms with Gasteiger partial charge in [0.15, 0.2) is 0 Å². The molecule has 0 bridgehead atoms. The van der Waals surface area contributed by atoms with Crippen molar-refractivity contribution in [1.82, 2.24) is 4.90 Å². The minimum Gasteiger partial charge on any atom is -0.321 e. The molecule has 4 rings (SSSR count). The van der Waals surface area contributed by atoms with Crippen LogP contribution in [0.1, 0.15) is 12.0 Å². The summed E-state index contributed by atoms with van der Waals surface area (Å²) < 4.78 is 0. The number of hydrogen-bond acceptors (Lipinski definition) is 3. The van der Waals surface area contributed by atoms with Gasteiger partial charge in [-0.2, -0.15) is 0 Å². The highest BCUT2D eigenvalue weighted by molar-refractivity contribution is 8.04. The summed E-state index contributed by atoms with van der Waals surface area (Å²) in [6, 6.07) is 20.8. The second-order valence-electron chi connectivity index (χ2n) is 5.57. The standard InChI is InChI=1S/C18H17NOS2/c20-17-16(22-15-10-5-2-6-11-15)18(14-8-3-1-4-9-14)19(17)12-7-13-21-18/h1-6,8-11,16H,7,12-13H2/t16-,18+/m1/s1. The van der Waals surface area contributed by atoms with Crippen molar-refractivity contribution in [3.63, 3.8) is 0 Å². The smallest absolute Gasteiger partial charge is 0.241 e. The van der Waals surface area contributed by atoms with E-state index in [2.05, 4.69) is 41.3 Å². The fraction of sp³-hybridized carbons (Fsp3) is 0.278. The van der Waals surface area contributed by atoms with Crippen molar-refractivity contribution in [2.45, 2.75) is 21.4 Å². The van der Waals surface area contributed by atoms with Crippen LogP contribution in [0.5, 0.6) is 0 Å². The van der Waals surface area contributed by atoms with E-state index in [1.807, 2.05) is 36.0 Å². The van der Waals surface area contributed by atoms with Gasteiger partial charge in [0.1, 0.15) is 10.1 Å². The predicted molar refractivity (Wildman–Crippen MR) is 93.0 cm³/mol. The first kappa shape index (κ1) is 14.2. The first-order valence-corrected chi connectivity index (χ1v) is 9.41. The maximum absolute atomic E-state index is 12.7. The Morgan fingerprint density at radius 2 is 1.73 bits per heavy atom. The molecule has 2 aromatic rings. The largest absolute Gasteiger partial charge is 0.321 e. The topological polar surface area (TPSA) is 20.3 Å². The molecule has 0 spiro atoms. The summed E-state index contributed by atoms with van der Waals surface area (Å²) in [6.45, 7) is 0.882. The summed E-state index contributed by atoms with van der Waals surface area (Å²) in [5.74, 6) is 1.40. The molecule has 2 aliphatic heterocycles. The molecule has 2 nitrogen and oxygen atoms in total. The molecule has 2 heterocycles. The minimum atomic E-state index is -0.183. The van der Waals surface area contributed by atoms with Crippen molar-refractivity contribution in [3.8, 4) is 0 Å². The van der Waals surface area contributed by atoms with E-state index in [9.17, 15) is 4.79 Å². The third kappa shape index (κ3) is 2.09. The van der Waals surface area contributed by atoms with Crippen LogP contribution in [-0.2, 0) is 9.67 Å². The normalized spacial score (nSPS) is 27.2. The van der Waals surface area contributed by atoms with Gasteiger partial charge in [0.2, 0.25) is 5.91 Å². The van der Waals surface area contributed by atoms with Gasteiger partial charge in [-0.05, 0) is 29.9 Å². The SMILES string of the molecule is O=C1[C@@H](Sc2ccccc2)[C@]2(c3ccccc3)SCCCN12. The van der Waals surface area contributed by atoms with Crippen molar-refractivity contribution in [2.24, 2.45) is 0 Å². The van der Waals surface area contributed by atoms with Crippen LogP contribution in [0.3, 0.4) is 0 Å². The minimum absolute atomic E-state index is 0.0254. The Bertz CT molecular complexity index is 676. The third-order valence-electron chi connectivity index (χ3n) is 4.28. The molecule has 0 N–H and O–H groups in total. The van der Waals surface area contributed by atoms with Crippen LogP contribution in [0, 0.1) is 0 Å². The Morgan fingerprint density at radius 3 is 2.45 bits per heavy atom. The van der Waals surface area contributed by atoms with E-state index in [0.717, 1.165) is 18.7 Å². The molecule has 2 aromatic carbocycles. The van der Waals surface area contributed by atoms with Gasteiger partial charge in [-0.25, -0.2) is 0 Å². The maximum atomic E-state index is 12.7. The molecule has 4 heteroatoms. The lowest BCUT2D eigenvalue weighted by atomic mass is 9.91. The monoisotopic (exact) mass is 327 g/mol. The van der Waals surface area contributed by atoms with Gasteiger partial charge in [0, 0.05) is 11.4 Å². The van der Waals surface area contributed by atoms with E-state index in [4.69, 9.17) is 0 Å². The van der Waals surface area contributed by atoms with Gasteiger partial charge in [-0.15, -0.1) is 23.5 Å². The first-order valence-electron chi connectivity index (χ1n) is 7.55. The summed E-state index contributed by atoms with van der Waals surface area (Å²) in [6.07, 6.45) is 1.09. The Labute approximate surface area is 139 Å². The summed E-state index contributed by atoms with van der Waals surface area (Å²) in [5, 5.41) is -0.0254. The van der Waals surface area contributed by atoms with Crippen LogP contribution in [0.15, 0.2) is 65.6 Å². The van der Waals surface area contributed by atoms with Gasteiger partial charge in [0.05, 0.1) is 0 Å². The third-order valence-corrected chi connectivity index (χ3v) is 7.38. The van der Waals surface area contributed by atoms with E-state index in [1.54, 1.807) is 11.8 Å². The van der Waals surface area contributed by atoms with Crippen LogP contribution >= 0.6 is 23.5 Å². The van der Waals surface area contributed by atoms with Crippen molar-refractivity contribution >= 4 is 29.4 Å². The number of β-lactam (4-membered cyclic amide) rings is 1. The molecule has 0 radical (unpaired) electrons. The second-order valence-corrected chi connectivity index (χ2v) is 8.06. The van der Waals surface area contributed by atoms with Crippen LogP contribution in [0.4, 0.5) is 0 Å². The molecule has 112 valence electrons. The van der Waals surface area contributed by atoms with Gasteiger partial charge in [-0.3, -0.25) is 4.79 Å². The Balaban J connectivity index is 1.72. The van der Waals surface area contributed by atoms with Gasteiger partial charge in [-0.1, -0.05) is 48.5 Å². The molecule has 0 unspecified atom stereocenters. The highest BCUT2D eigenvalue weighted by Gasteiger charge is 2.62. The number of carbonyl (C=O) groups excluding carboxylic acids is 1. The van der Waals surface area contributed by atoms with Crippen molar-refractivity contribution in [3.05, 3.63) is 66.2 Å². The quantitative estimate of drug-likeness (QED) is 0.795. The van der Waals surface area contributed by atoms with Gasteiger partial charge in [0.25, 0.3) is 0 Å². The molecular weight excluding hydrogens is 310 g/mol. The molecular formula is C18H17NOS2. The molecule has 2 saturated heterocycles. The summed E-state index contributed by atoms with van der Waals surface area (Å²) in [4.78, 5) is 15.7. The molecule has 22 heavy (non-hydrogen) atoms. The Kier molecular flexibility index (Phi) is 3.66. The lowest BCUT2D eigenvalue weighted by Crippen LogP contribution is -2.70. The number of amides is 1. The first-order chi connectivity index (χ1) is 10.8. The lowest BCUT2D eigenvalue weighted by Gasteiger charge is -2.59. The van der Waals surface area contributed by atoms with Gasteiger partial charge >= 0.3 is 0 Å². The number of fused-ring (bicyclic) bond motifs is 1. The van der Waals surface area contributed by atoms with E-state index in [0.29, 0.717) is 0 Å².